The van der Waals surface area contributed by atoms with Crippen LogP contribution in [0.2, 0.25) is 0 Å². The second-order valence-electron chi connectivity index (χ2n) is 9.67. The van der Waals surface area contributed by atoms with Crippen LogP contribution in [0.5, 0.6) is 5.75 Å². The Hall–Kier alpha value is -3.09. The van der Waals surface area contributed by atoms with Gasteiger partial charge in [0.15, 0.2) is 0 Å². The minimum absolute atomic E-state index is 0.0449. The Morgan fingerprint density at radius 3 is 2.63 bits per heavy atom. The Bertz CT molecular complexity index is 1300. The molecule has 202 valence electrons. The van der Waals surface area contributed by atoms with Gasteiger partial charge in [-0.15, -0.1) is 11.3 Å². The van der Waals surface area contributed by atoms with Crippen molar-refractivity contribution in [3.8, 4) is 16.3 Å². The van der Waals surface area contributed by atoms with Gasteiger partial charge in [0.25, 0.3) is 5.91 Å². The van der Waals surface area contributed by atoms with Crippen molar-refractivity contribution < 1.29 is 27.4 Å². The van der Waals surface area contributed by atoms with E-state index in [-0.39, 0.29) is 12.2 Å². The predicted molar refractivity (Wildman–Crippen MR) is 135 cm³/mol. The lowest BCUT2D eigenvalue weighted by atomic mass is 10.1. The van der Waals surface area contributed by atoms with Gasteiger partial charge in [-0.3, -0.25) is 9.69 Å². The number of ether oxygens (including phenoxy) is 2. The summed E-state index contributed by atoms with van der Waals surface area (Å²) in [4.78, 5) is 27.8. The summed E-state index contributed by atoms with van der Waals surface area (Å²) >= 11 is 1.51. The molecule has 2 aromatic heterocycles. The third-order valence-corrected chi connectivity index (χ3v) is 7.87. The molecular weight excluding hydrogens is 519 g/mol. The number of morpholine rings is 1. The molecular formula is C26H28F3N5O3S. The third kappa shape index (κ3) is 5.67. The van der Waals surface area contributed by atoms with Gasteiger partial charge in [0.1, 0.15) is 23.0 Å². The highest BCUT2D eigenvalue weighted by Crippen LogP contribution is 2.35. The van der Waals surface area contributed by atoms with E-state index in [9.17, 15) is 18.0 Å². The van der Waals surface area contributed by atoms with Crippen LogP contribution in [0.3, 0.4) is 0 Å². The number of nitrogens with one attached hydrogen (secondary N) is 1. The first-order valence-corrected chi connectivity index (χ1v) is 13.2. The highest BCUT2D eigenvalue weighted by Gasteiger charge is 2.43. The molecule has 2 aliphatic rings. The number of hydrogen-bond acceptors (Lipinski definition) is 8. The van der Waals surface area contributed by atoms with E-state index in [0.717, 1.165) is 47.2 Å². The zero-order valence-electron chi connectivity index (χ0n) is 21.2. The number of carbonyl (C=O) groups is 1. The predicted octanol–water partition coefficient (Wildman–Crippen LogP) is 4.66. The van der Waals surface area contributed by atoms with Gasteiger partial charge in [-0.2, -0.15) is 13.2 Å². The number of aromatic nitrogens is 3. The summed E-state index contributed by atoms with van der Waals surface area (Å²) < 4.78 is 50.9. The molecule has 4 atom stereocenters. The molecule has 3 heterocycles. The van der Waals surface area contributed by atoms with E-state index in [1.807, 2.05) is 13.0 Å². The number of rotatable bonds is 6. The minimum atomic E-state index is -4.63. The van der Waals surface area contributed by atoms with Crippen molar-refractivity contribution in [2.75, 3.05) is 20.2 Å². The summed E-state index contributed by atoms with van der Waals surface area (Å²) in [6.07, 6.45) is 0.903. The first-order valence-electron chi connectivity index (χ1n) is 12.3. The van der Waals surface area contributed by atoms with Crippen LogP contribution >= 0.6 is 11.3 Å². The quantitative estimate of drug-likeness (QED) is 0.480. The molecule has 0 spiro atoms. The molecule has 1 saturated carbocycles. The summed E-state index contributed by atoms with van der Waals surface area (Å²) in [5, 5.41) is 3.58. The lowest BCUT2D eigenvalue weighted by Crippen LogP contribution is -2.50. The SMILES string of the molecule is Cc1cnc(-c2cc(O[C@@H]3CC[C@H]4[C@H]3OCCN4C)cc(C(=O)NC(C)c3cnc(C(F)(F)F)nc3)c2)s1. The summed E-state index contributed by atoms with van der Waals surface area (Å²) in [5.74, 6) is -1.10. The highest BCUT2D eigenvalue weighted by atomic mass is 32.1. The Morgan fingerprint density at radius 2 is 1.95 bits per heavy atom. The number of alkyl halides is 3. The average molecular weight is 548 g/mol. The minimum Gasteiger partial charge on any atom is -0.488 e. The topological polar surface area (TPSA) is 89.5 Å². The van der Waals surface area contributed by atoms with Crippen molar-refractivity contribution in [3.05, 3.63) is 58.6 Å². The Balaban J connectivity index is 1.38. The Morgan fingerprint density at radius 1 is 1.18 bits per heavy atom. The van der Waals surface area contributed by atoms with Crippen LogP contribution in [-0.2, 0) is 10.9 Å². The smallest absolute Gasteiger partial charge is 0.451 e. The van der Waals surface area contributed by atoms with Crippen LogP contribution < -0.4 is 10.1 Å². The van der Waals surface area contributed by atoms with Crippen molar-refractivity contribution >= 4 is 17.2 Å². The molecule has 1 unspecified atom stereocenters. The van der Waals surface area contributed by atoms with E-state index < -0.39 is 23.9 Å². The molecule has 1 N–H and O–H groups in total. The standard InChI is InChI=1S/C26H28F3N5O3S/c1-14-11-30-24(38-14)17-8-16(23(35)33-15(2)18-12-31-25(32-13-18)26(27,28)29)9-19(10-17)37-21-5-4-20-22(21)36-7-6-34(20)3/h8-13,15,20-22H,4-7H2,1-3H3,(H,33,35)/t15?,20-,21+,22+/m0/s1. The number of aryl methyl sites for hydroxylation is 1. The van der Waals surface area contributed by atoms with Gasteiger partial charge in [-0.05, 0) is 51.9 Å². The maximum absolute atomic E-state index is 13.3. The number of hydrogen-bond donors (Lipinski definition) is 1. The molecule has 3 aromatic rings. The lowest BCUT2D eigenvalue weighted by Gasteiger charge is -2.36. The first kappa shape index (κ1) is 26.5. The monoisotopic (exact) mass is 547 g/mol. The van der Waals surface area contributed by atoms with E-state index >= 15 is 0 Å². The fourth-order valence-electron chi connectivity index (χ4n) is 4.88. The Kier molecular flexibility index (Phi) is 7.38. The van der Waals surface area contributed by atoms with Crippen LogP contribution in [-0.4, -0.2) is 64.2 Å². The van der Waals surface area contributed by atoms with Gasteiger partial charge in [-0.25, -0.2) is 15.0 Å². The fraction of sp³-hybridized carbons (Fsp3) is 0.462. The molecule has 5 rings (SSSR count). The van der Waals surface area contributed by atoms with Gasteiger partial charge < -0.3 is 14.8 Å². The normalized spacial score (nSPS) is 22.6. The zero-order chi connectivity index (χ0) is 27.0. The second kappa shape index (κ2) is 10.6. The van der Waals surface area contributed by atoms with Gasteiger partial charge in [0.05, 0.1) is 12.6 Å². The average Bonchev–Trinajstić information content (AvgIpc) is 3.50. The largest absolute Gasteiger partial charge is 0.488 e. The number of carbonyl (C=O) groups excluding carboxylic acids is 1. The van der Waals surface area contributed by atoms with Gasteiger partial charge in [0.2, 0.25) is 5.82 Å². The molecule has 1 aliphatic heterocycles. The third-order valence-electron chi connectivity index (χ3n) is 6.91. The van der Waals surface area contributed by atoms with E-state index in [1.165, 1.54) is 11.3 Å². The number of nitrogens with zero attached hydrogens (tertiary/aromatic N) is 4. The van der Waals surface area contributed by atoms with Crippen molar-refractivity contribution in [3.63, 3.8) is 0 Å². The number of benzene rings is 1. The molecule has 1 aliphatic carbocycles. The highest BCUT2D eigenvalue weighted by molar-refractivity contribution is 7.14. The summed E-state index contributed by atoms with van der Waals surface area (Å²) in [5.41, 5.74) is 1.44. The summed E-state index contributed by atoms with van der Waals surface area (Å²) in [6, 6.07) is 4.96. The molecule has 8 nitrogen and oxygen atoms in total. The molecule has 1 amide bonds. The number of fused-ring (bicyclic) bond motifs is 1. The number of thiazole rings is 1. The van der Waals surface area contributed by atoms with E-state index in [0.29, 0.717) is 29.5 Å². The molecule has 0 bridgehead atoms. The molecule has 1 aromatic carbocycles. The molecule has 38 heavy (non-hydrogen) atoms. The van der Waals surface area contributed by atoms with Gasteiger partial charge in [-0.1, -0.05) is 0 Å². The van der Waals surface area contributed by atoms with Crippen LogP contribution in [0.25, 0.3) is 10.6 Å². The zero-order valence-corrected chi connectivity index (χ0v) is 22.0. The fourth-order valence-corrected chi connectivity index (χ4v) is 5.63. The van der Waals surface area contributed by atoms with Crippen molar-refractivity contribution in [2.45, 2.75) is 57.2 Å². The van der Waals surface area contributed by atoms with Crippen LogP contribution in [0.4, 0.5) is 13.2 Å². The van der Waals surface area contributed by atoms with Crippen molar-refractivity contribution in [1.82, 2.24) is 25.2 Å². The van der Waals surface area contributed by atoms with E-state index in [2.05, 4.69) is 32.2 Å². The van der Waals surface area contributed by atoms with E-state index in [1.54, 1.807) is 25.3 Å². The maximum atomic E-state index is 13.3. The van der Waals surface area contributed by atoms with Crippen LogP contribution in [0, 0.1) is 6.92 Å². The summed E-state index contributed by atoms with van der Waals surface area (Å²) in [7, 11) is 2.10. The Labute approximate surface area is 222 Å². The van der Waals surface area contributed by atoms with Crippen LogP contribution in [0.1, 0.15) is 52.4 Å². The van der Waals surface area contributed by atoms with Crippen LogP contribution in [0.15, 0.2) is 36.8 Å². The number of likely N-dealkylation sites (N-methyl/N-ethyl adjacent to an activating group) is 1. The van der Waals surface area contributed by atoms with E-state index in [4.69, 9.17) is 9.47 Å². The van der Waals surface area contributed by atoms with Gasteiger partial charge in [0, 0.05) is 52.7 Å². The first-order chi connectivity index (χ1) is 18.1. The molecule has 12 heteroatoms. The molecule has 1 saturated heterocycles. The van der Waals surface area contributed by atoms with Gasteiger partial charge >= 0.3 is 6.18 Å². The molecule has 0 radical (unpaired) electrons. The second-order valence-corrected chi connectivity index (χ2v) is 10.9. The van der Waals surface area contributed by atoms with Crippen molar-refractivity contribution in [1.29, 1.82) is 0 Å². The number of halogens is 3. The number of amides is 1. The molecule has 2 fully saturated rings. The summed E-state index contributed by atoms with van der Waals surface area (Å²) in [6.45, 7) is 5.15. The lowest BCUT2D eigenvalue weighted by molar-refractivity contribution is -0.145. The maximum Gasteiger partial charge on any atom is 0.451 e. The van der Waals surface area contributed by atoms with Crippen molar-refractivity contribution in [2.24, 2.45) is 0 Å².